The molecule has 36 heavy (non-hydrogen) atoms. The van der Waals surface area contributed by atoms with E-state index < -0.39 is 12.1 Å². The number of amides is 1. The highest BCUT2D eigenvalue weighted by Gasteiger charge is 2.29. The Balaban J connectivity index is 1.37. The van der Waals surface area contributed by atoms with Crippen LogP contribution in [0.1, 0.15) is 43.0 Å². The van der Waals surface area contributed by atoms with Gasteiger partial charge in [0.1, 0.15) is 12.6 Å². The summed E-state index contributed by atoms with van der Waals surface area (Å²) in [6.07, 6.45) is 0.704. The van der Waals surface area contributed by atoms with Crippen LogP contribution < -0.4 is 10.6 Å². The number of carbonyl (C=O) groups is 2. The molecule has 1 amide bonds. The quantitative estimate of drug-likeness (QED) is 0.364. The van der Waals surface area contributed by atoms with Crippen LogP contribution in [0.3, 0.4) is 0 Å². The Morgan fingerprint density at radius 2 is 1.72 bits per heavy atom. The molecule has 2 N–H and O–H groups in total. The number of carbonyl (C=O) groups excluding carboxylic acids is 2. The Kier molecular flexibility index (Phi) is 8.72. The Morgan fingerprint density at radius 1 is 1.06 bits per heavy atom. The fraction of sp³-hybridized carbons (Fsp3) is 0.393. The van der Waals surface area contributed by atoms with Gasteiger partial charge in [0.05, 0.1) is 18.3 Å². The largest absolute Gasteiger partial charge is 0.468 e. The van der Waals surface area contributed by atoms with Crippen molar-refractivity contribution in [2.75, 3.05) is 20.3 Å². The van der Waals surface area contributed by atoms with Gasteiger partial charge in [-0.05, 0) is 34.6 Å². The number of fused-ring (bicyclic) bond motifs is 3. The van der Waals surface area contributed by atoms with Gasteiger partial charge in [0.15, 0.2) is 0 Å². The summed E-state index contributed by atoms with van der Waals surface area (Å²) in [5, 5.41) is 8.18. The molecule has 0 bridgehead atoms. The van der Waals surface area contributed by atoms with Crippen molar-refractivity contribution >= 4 is 23.4 Å². The van der Waals surface area contributed by atoms with E-state index in [4.69, 9.17) is 9.47 Å². The molecule has 190 valence electrons. The summed E-state index contributed by atoms with van der Waals surface area (Å²) in [5.74, 6) is -0.000111. The normalized spacial score (nSPS) is 14.1. The van der Waals surface area contributed by atoms with Gasteiger partial charge < -0.3 is 20.1 Å². The van der Waals surface area contributed by atoms with Crippen LogP contribution in [0, 0.1) is 5.92 Å². The molecule has 7 nitrogen and oxygen atoms in total. The molecular weight excluding hydrogens is 474 g/mol. The minimum atomic E-state index is -0.545. The summed E-state index contributed by atoms with van der Waals surface area (Å²) in [6, 6.07) is 15.8. The van der Waals surface area contributed by atoms with E-state index in [9.17, 15) is 9.59 Å². The summed E-state index contributed by atoms with van der Waals surface area (Å²) in [6.45, 7) is 4.86. The number of esters is 1. The third-order valence-electron chi connectivity index (χ3n) is 6.41. The molecule has 1 heterocycles. The zero-order chi connectivity index (χ0) is 25.5. The minimum absolute atomic E-state index is 0.00615. The first-order chi connectivity index (χ1) is 17.5. The van der Waals surface area contributed by atoms with Crippen LogP contribution in [0.4, 0.5) is 4.79 Å². The van der Waals surface area contributed by atoms with Gasteiger partial charge >= 0.3 is 12.1 Å². The number of hydrogen-bond acceptors (Lipinski definition) is 7. The number of hydrogen-bond donors (Lipinski definition) is 2. The zero-order valence-corrected chi connectivity index (χ0v) is 21.7. The van der Waals surface area contributed by atoms with Gasteiger partial charge in [-0.15, -0.1) is 11.3 Å². The highest BCUT2D eigenvalue weighted by molar-refractivity contribution is 7.07. The van der Waals surface area contributed by atoms with Crippen molar-refractivity contribution in [2.45, 2.75) is 44.7 Å². The van der Waals surface area contributed by atoms with E-state index >= 15 is 0 Å². The van der Waals surface area contributed by atoms with Crippen LogP contribution in [0.2, 0.25) is 0 Å². The summed E-state index contributed by atoms with van der Waals surface area (Å²) in [7, 11) is 1.37. The molecule has 1 aliphatic rings. The second-order valence-electron chi connectivity index (χ2n) is 9.46. The molecule has 0 saturated carbocycles. The molecule has 1 aromatic heterocycles. The highest BCUT2D eigenvalue weighted by atomic mass is 32.1. The van der Waals surface area contributed by atoms with Crippen molar-refractivity contribution in [3.8, 4) is 11.1 Å². The predicted molar refractivity (Wildman–Crippen MR) is 141 cm³/mol. The number of aromatic nitrogens is 1. The van der Waals surface area contributed by atoms with Gasteiger partial charge in [-0.2, -0.15) is 0 Å². The fourth-order valence-electron chi connectivity index (χ4n) is 4.78. The second kappa shape index (κ2) is 12.1. The average molecular weight is 508 g/mol. The van der Waals surface area contributed by atoms with Crippen molar-refractivity contribution < 1.29 is 19.1 Å². The molecule has 0 aliphatic heterocycles. The topological polar surface area (TPSA) is 89.5 Å². The first kappa shape index (κ1) is 25.9. The first-order valence-electron chi connectivity index (χ1n) is 12.3. The lowest BCUT2D eigenvalue weighted by Crippen LogP contribution is -2.49. The average Bonchev–Trinajstić information content (AvgIpc) is 3.50. The number of rotatable bonds is 11. The molecule has 0 radical (unpaired) electrons. The molecule has 8 heteroatoms. The van der Waals surface area contributed by atoms with E-state index in [0.29, 0.717) is 18.9 Å². The van der Waals surface area contributed by atoms with Gasteiger partial charge in [0.25, 0.3) is 0 Å². The Hall–Kier alpha value is -3.23. The van der Waals surface area contributed by atoms with Gasteiger partial charge in [0.2, 0.25) is 0 Å². The van der Waals surface area contributed by atoms with Crippen LogP contribution >= 0.6 is 11.3 Å². The number of nitrogens with zero attached hydrogens (tertiary/aromatic N) is 1. The minimum Gasteiger partial charge on any atom is -0.468 e. The van der Waals surface area contributed by atoms with Crippen LogP contribution in [0.15, 0.2) is 59.4 Å². The Bertz CT molecular complexity index is 1120. The summed E-state index contributed by atoms with van der Waals surface area (Å²) in [5.41, 5.74) is 7.30. The number of thiazole rings is 1. The third-order valence-corrected chi connectivity index (χ3v) is 7.05. The number of benzene rings is 2. The molecule has 1 aliphatic carbocycles. The van der Waals surface area contributed by atoms with Gasteiger partial charge in [-0.3, -0.25) is 4.79 Å². The van der Waals surface area contributed by atoms with E-state index in [-0.39, 0.29) is 24.5 Å². The van der Waals surface area contributed by atoms with E-state index in [1.54, 1.807) is 5.51 Å². The highest BCUT2D eigenvalue weighted by Crippen LogP contribution is 2.44. The van der Waals surface area contributed by atoms with Crippen molar-refractivity contribution in [1.82, 2.24) is 15.6 Å². The molecule has 3 aromatic rings. The summed E-state index contributed by atoms with van der Waals surface area (Å²) >= 11 is 1.48. The molecule has 0 saturated heterocycles. The number of alkyl carbamates (subject to hydrolysis) is 1. The zero-order valence-electron chi connectivity index (χ0n) is 20.9. The Morgan fingerprint density at radius 3 is 2.31 bits per heavy atom. The van der Waals surface area contributed by atoms with Crippen molar-refractivity contribution in [3.05, 3.63) is 76.2 Å². The second-order valence-corrected chi connectivity index (χ2v) is 10.2. The van der Waals surface area contributed by atoms with Crippen molar-refractivity contribution in [3.63, 3.8) is 0 Å². The van der Waals surface area contributed by atoms with Crippen LogP contribution in [0.5, 0.6) is 0 Å². The third kappa shape index (κ3) is 6.30. The standard InChI is InChI=1S/C28H33N3O4S/c1-18(2)12-19(14-29-26(27(32)34-3)13-20-16-36-17-30-20)31-28(33)35-15-25-23-10-6-4-8-21(23)22-9-5-7-11-24(22)25/h4-11,16-19,25-26,29H,12-15H2,1-3H3,(H,31,33)/t19-,26-/m0/s1. The number of methoxy groups -OCH3 is 1. The monoisotopic (exact) mass is 507 g/mol. The Labute approximate surface area is 216 Å². The SMILES string of the molecule is COC(=O)[C@H](Cc1cscn1)NC[C@H](CC(C)C)NC(=O)OCC1c2ccccc2-c2ccccc21. The van der Waals surface area contributed by atoms with E-state index in [1.165, 1.54) is 40.7 Å². The van der Waals surface area contributed by atoms with Crippen LogP contribution in [-0.2, 0) is 20.7 Å². The van der Waals surface area contributed by atoms with Crippen molar-refractivity contribution in [2.24, 2.45) is 5.92 Å². The molecule has 2 atom stereocenters. The van der Waals surface area contributed by atoms with Gasteiger partial charge in [0, 0.05) is 30.3 Å². The molecular formula is C28H33N3O4S. The van der Waals surface area contributed by atoms with Gasteiger partial charge in [-0.25, -0.2) is 9.78 Å². The maximum Gasteiger partial charge on any atom is 0.407 e. The molecule has 4 rings (SSSR count). The lowest BCUT2D eigenvalue weighted by molar-refractivity contribution is -0.143. The van der Waals surface area contributed by atoms with E-state index in [2.05, 4.69) is 53.7 Å². The number of ether oxygens (including phenoxy) is 2. The van der Waals surface area contributed by atoms with Crippen molar-refractivity contribution in [1.29, 1.82) is 0 Å². The van der Waals surface area contributed by atoms with Crippen LogP contribution in [0.25, 0.3) is 11.1 Å². The molecule has 0 spiro atoms. The first-order valence-corrected chi connectivity index (χ1v) is 13.2. The summed E-state index contributed by atoms with van der Waals surface area (Å²) < 4.78 is 10.7. The van der Waals surface area contributed by atoms with Gasteiger partial charge in [-0.1, -0.05) is 62.4 Å². The van der Waals surface area contributed by atoms with Crippen LogP contribution in [-0.4, -0.2) is 49.4 Å². The lowest BCUT2D eigenvalue weighted by Gasteiger charge is -2.24. The molecule has 2 aromatic carbocycles. The number of nitrogens with one attached hydrogen (secondary N) is 2. The summed E-state index contributed by atoms with van der Waals surface area (Å²) in [4.78, 5) is 29.4. The maximum absolute atomic E-state index is 12.8. The maximum atomic E-state index is 12.8. The lowest BCUT2D eigenvalue weighted by atomic mass is 9.98. The molecule has 0 unspecified atom stereocenters. The molecule has 0 fully saturated rings. The predicted octanol–water partition coefficient (Wildman–Crippen LogP) is 4.77. The van der Waals surface area contributed by atoms with E-state index in [1.807, 2.05) is 29.6 Å². The van der Waals surface area contributed by atoms with E-state index in [0.717, 1.165) is 12.1 Å². The fourth-order valence-corrected chi connectivity index (χ4v) is 5.35. The smallest absolute Gasteiger partial charge is 0.407 e.